The summed E-state index contributed by atoms with van der Waals surface area (Å²) in [6.07, 6.45) is 0.754. The van der Waals surface area contributed by atoms with E-state index in [1.807, 2.05) is 0 Å². The molecule has 0 spiro atoms. The molecule has 100 valence electrons. The number of likely N-dealkylation sites (tertiary alicyclic amines) is 1. The van der Waals surface area contributed by atoms with Crippen LogP contribution in [0.2, 0.25) is 0 Å². The van der Waals surface area contributed by atoms with Crippen molar-refractivity contribution in [3.8, 4) is 0 Å². The van der Waals surface area contributed by atoms with Gasteiger partial charge in [-0.2, -0.15) is 0 Å². The van der Waals surface area contributed by atoms with E-state index in [0.717, 1.165) is 6.42 Å². The predicted molar refractivity (Wildman–Crippen MR) is 61.9 cm³/mol. The molecule has 0 radical (unpaired) electrons. The number of aliphatic carboxylic acids is 1. The lowest BCUT2D eigenvalue weighted by Crippen LogP contribution is -2.57. The van der Waals surface area contributed by atoms with Gasteiger partial charge >= 0.3 is 12.0 Å². The van der Waals surface area contributed by atoms with Gasteiger partial charge in [0.2, 0.25) is 5.91 Å². The second-order valence-electron chi connectivity index (χ2n) is 4.81. The molecule has 2 aliphatic rings. The Morgan fingerprint density at radius 3 is 2.50 bits per heavy atom. The van der Waals surface area contributed by atoms with Crippen molar-refractivity contribution in [1.82, 2.24) is 14.7 Å². The number of carboxylic acid groups (broad SMARTS) is 1. The van der Waals surface area contributed by atoms with Gasteiger partial charge in [-0.05, 0) is 6.42 Å². The van der Waals surface area contributed by atoms with Crippen molar-refractivity contribution in [3.63, 3.8) is 0 Å². The third-order valence-corrected chi connectivity index (χ3v) is 3.45. The maximum absolute atomic E-state index is 12.0. The van der Waals surface area contributed by atoms with Gasteiger partial charge in [0.15, 0.2) is 0 Å². The molecule has 3 amide bonds. The van der Waals surface area contributed by atoms with Crippen molar-refractivity contribution >= 4 is 17.9 Å². The number of amides is 3. The van der Waals surface area contributed by atoms with E-state index in [4.69, 9.17) is 5.11 Å². The molecular formula is C11H17N3O4. The summed E-state index contributed by atoms with van der Waals surface area (Å²) in [5.41, 5.74) is 0. The second-order valence-corrected chi connectivity index (χ2v) is 4.81. The molecule has 0 aromatic carbocycles. The standard InChI is InChI=1S/C11H17N3O4/c1-12-3-2-4-13(7-9(12)15)11(18)14-5-8(6-14)10(16)17/h8H,2-7H2,1H3,(H,16,17). The first-order valence-electron chi connectivity index (χ1n) is 5.99. The first kappa shape index (κ1) is 12.7. The van der Waals surface area contributed by atoms with Crippen LogP contribution in [0.5, 0.6) is 0 Å². The molecule has 0 aromatic rings. The molecule has 0 atom stereocenters. The number of hydrogen-bond acceptors (Lipinski definition) is 3. The van der Waals surface area contributed by atoms with Crippen molar-refractivity contribution in [2.45, 2.75) is 6.42 Å². The molecule has 0 bridgehead atoms. The molecule has 1 N–H and O–H groups in total. The number of carboxylic acids is 1. The van der Waals surface area contributed by atoms with E-state index < -0.39 is 11.9 Å². The average molecular weight is 255 g/mol. The second kappa shape index (κ2) is 4.83. The van der Waals surface area contributed by atoms with Crippen molar-refractivity contribution in [2.75, 3.05) is 39.8 Å². The molecule has 2 rings (SSSR count). The van der Waals surface area contributed by atoms with Crippen LogP contribution >= 0.6 is 0 Å². The van der Waals surface area contributed by atoms with Gasteiger partial charge in [0.1, 0.15) is 6.54 Å². The Kier molecular flexibility index (Phi) is 3.40. The Balaban J connectivity index is 1.90. The third kappa shape index (κ3) is 2.39. The van der Waals surface area contributed by atoms with Crippen LogP contribution in [0, 0.1) is 5.92 Å². The number of carbonyl (C=O) groups excluding carboxylic acids is 2. The van der Waals surface area contributed by atoms with Crippen LogP contribution in [0.15, 0.2) is 0 Å². The highest BCUT2D eigenvalue weighted by Crippen LogP contribution is 2.18. The van der Waals surface area contributed by atoms with Crippen molar-refractivity contribution < 1.29 is 19.5 Å². The van der Waals surface area contributed by atoms with Crippen LogP contribution in [-0.4, -0.2) is 77.5 Å². The molecule has 0 aliphatic carbocycles. The summed E-state index contributed by atoms with van der Waals surface area (Å²) in [4.78, 5) is 39.0. The summed E-state index contributed by atoms with van der Waals surface area (Å²) in [5.74, 6) is -1.40. The Labute approximate surface area is 105 Å². The SMILES string of the molecule is CN1CCCN(C(=O)N2CC(C(=O)O)C2)CC1=O. The van der Waals surface area contributed by atoms with E-state index >= 15 is 0 Å². The zero-order valence-electron chi connectivity index (χ0n) is 10.3. The van der Waals surface area contributed by atoms with E-state index in [1.54, 1.807) is 11.9 Å². The smallest absolute Gasteiger partial charge is 0.320 e. The number of hydrogen-bond donors (Lipinski definition) is 1. The maximum atomic E-state index is 12.0. The summed E-state index contributed by atoms with van der Waals surface area (Å²) in [6, 6.07) is -0.226. The summed E-state index contributed by atoms with van der Waals surface area (Å²) in [7, 11) is 1.72. The lowest BCUT2D eigenvalue weighted by molar-refractivity contribution is -0.146. The van der Waals surface area contributed by atoms with Crippen molar-refractivity contribution in [3.05, 3.63) is 0 Å². The summed E-state index contributed by atoms with van der Waals surface area (Å²) in [6.45, 7) is 1.77. The van der Waals surface area contributed by atoms with Crippen LogP contribution in [0.4, 0.5) is 4.79 Å². The average Bonchev–Trinajstić information content (AvgIpc) is 2.39. The first-order chi connectivity index (χ1) is 8.49. The molecule has 2 aliphatic heterocycles. The van der Waals surface area contributed by atoms with Crippen LogP contribution in [0.25, 0.3) is 0 Å². The molecule has 18 heavy (non-hydrogen) atoms. The summed E-state index contributed by atoms with van der Waals surface area (Å²) < 4.78 is 0. The Hall–Kier alpha value is -1.79. The number of carbonyl (C=O) groups is 3. The van der Waals surface area contributed by atoms with Crippen molar-refractivity contribution in [2.24, 2.45) is 5.92 Å². The number of urea groups is 1. The molecule has 0 unspecified atom stereocenters. The molecule has 0 saturated carbocycles. The summed E-state index contributed by atoms with van der Waals surface area (Å²) >= 11 is 0. The van der Waals surface area contributed by atoms with Gasteiger partial charge in [0.25, 0.3) is 0 Å². The quantitative estimate of drug-likeness (QED) is 0.671. The third-order valence-electron chi connectivity index (χ3n) is 3.45. The Bertz CT molecular complexity index is 378. The fraction of sp³-hybridized carbons (Fsp3) is 0.727. The molecule has 2 heterocycles. The van der Waals surface area contributed by atoms with Gasteiger partial charge in [-0.25, -0.2) is 4.79 Å². The monoisotopic (exact) mass is 255 g/mol. The first-order valence-corrected chi connectivity index (χ1v) is 5.99. The minimum Gasteiger partial charge on any atom is -0.481 e. The van der Waals surface area contributed by atoms with Crippen LogP contribution < -0.4 is 0 Å². The fourth-order valence-electron chi connectivity index (χ4n) is 2.14. The molecule has 2 saturated heterocycles. The lowest BCUT2D eigenvalue weighted by Gasteiger charge is -2.39. The van der Waals surface area contributed by atoms with Gasteiger partial charge in [-0.3, -0.25) is 9.59 Å². The Morgan fingerprint density at radius 2 is 1.89 bits per heavy atom. The fourth-order valence-corrected chi connectivity index (χ4v) is 2.14. The zero-order chi connectivity index (χ0) is 13.3. The lowest BCUT2D eigenvalue weighted by atomic mass is 10.0. The number of nitrogens with zero attached hydrogens (tertiary/aromatic N) is 3. The van der Waals surface area contributed by atoms with Gasteiger partial charge < -0.3 is 19.8 Å². The molecule has 7 heteroatoms. The molecule has 0 aromatic heterocycles. The molecule has 7 nitrogen and oxygen atoms in total. The summed E-state index contributed by atoms with van der Waals surface area (Å²) in [5, 5.41) is 8.75. The van der Waals surface area contributed by atoms with E-state index in [9.17, 15) is 14.4 Å². The topological polar surface area (TPSA) is 81.2 Å². The predicted octanol–water partition coefficient (Wildman–Crippen LogP) is -0.713. The minimum absolute atomic E-state index is 0.0730. The maximum Gasteiger partial charge on any atom is 0.320 e. The van der Waals surface area contributed by atoms with Gasteiger partial charge in [0, 0.05) is 33.2 Å². The van der Waals surface area contributed by atoms with E-state index in [-0.39, 0.29) is 31.6 Å². The highest BCUT2D eigenvalue weighted by atomic mass is 16.4. The van der Waals surface area contributed by atoms with E-state index in [0.29, 0.717) is 13.1 Å². The Morgan fingerprint density at radius 1 is 1.22 bits per heavy atom. The normalized spacial score (nSPS) is 21.6. The number of rotatable bonds is 1. The number of likely N-dealkylation sites (N-methyl/N-ethyl adjacent to an activating group) is 1. The van der Waals surface area contributed by atoms with Crippen molar-refractivity contribution in [1.29, 1.82) is 0 Å². The van der Waals surface area contributed by atoms with Gasteiger partial charge in [-0.15, -0.1) is 0 Å². The molecular weight excluding hydrogens is 238 g/mol. The molecule has 2 fully saturated rings. The van der Waals surface area contributed by atoms with E-state index in [2.05, 4.69) is 0 Å². The van der Waals surface area contributed by atoms with Crippen LogP contribution in [-0.2, 0) is 9.59 Å². The zero-order valence-corrected chi connectivity index (χ0v) is 10.3. The van der Waals surface area contributed by atoms with Crippen LogP contribution in [0.1, 0.15) is 6.42 Å². The highest BCUT2D eigenvalue weighted by Gasteiger charge is 2.38. The largest absolute Gasteiger partial charge is 0.481 e. The minimum atomic E-state index is -0.870. The van der Waals surface area contributed by atoms with Gasteiger partial charge in [-0.1, -0.05) is 0 Å². The van der Waals surface area contributed by atoms with Crippen LogP contribution in [0.3, 0.4) is 0 Å². The highest BCUT2D eigenvalue weighted by molar-refractivity contribution is 5.85. The van der Waals surface area contributed by atoms with Gasteiger partial charge in [0.05, 0.1) is 5.92 Å². The van der Waals surface area contributed by atoms with E-state index in [1.165, 1.54) is 9.80 Å².